The van der Waals surface area contributed by atoms with E-state index >= 15 is 0 Å². The molecule has 14 nitrogen and oxygen atoms in total. The summed E-state index contributed by atoms with van der Waals surface area (Å²) in [7, 11) is 0. The van der Waals surface area contributed by atoms with Gasteiger partial charge in [0.2, 0.25) is 5.91 Å². The summed E-state index contributed by atoms with van der Waals surface area (Å²) >= 11 is 0. The van der Waals surface area contributed by atoms with Crippen molar-refractivity contribution in [3.63, 3.8) is 0 Å². The third kappa shape index (κ3) is 48.4. The minimum Gasteiger partial charge on any atom is -0.394 e. The molecule has 2 saturated heterocycles. The van der Waals surface area contributed by atoms with E-state index in [2.05, 4.69) is 165 Å². The Balaban J connectivity index is 1.65. The second-order valence-corrected chi connectivity index (χ2v) is 26.4. The van der Waals surface area contributed by atoms with Crippen molar-refractivity contribution in [3.05, 3.63) is 158 Å². The quantitative estimate of drug-likeness (QED) is 0.0204. The lowest BCUT2D eigenvalue weighted by Gasteiger charge is -2.46. The Bertz CT molecular complexity index is 2260. The highest BCUT2D eigenvalue weighted by atomic mass is 16.7. The van der Waals surface area contributed by atoms with Gasteiger partial charge in [0.25, 0.3) is 0 Å². The van der Waals surface area contributed by atoms with E-state index < -0.39 is 86.8 Å². The average Bonchev–Trinajstić information content (AvgIpc) is 0.793. The molecule has 0 radical (unpaired) electrons. The van der Waals surface area contributed by atoms with Gasteiger partial charge in [-0.25, -0.2) is 0 Å². The van der Waals surface area contributed by atoms with Crippen LogP contribution in [0.1, 0.15) is 271 Å². The molecule has 2 fully saturated rings. The molecule has 0 aromatic carbocycles. The molecule has 2 aliphatic heterocycles. The van der Waals surface area contributed by atoms with Crippen LogP contribution in [0.2, 0.25) is 0 Å². The van der Waals surface area contributed by atoms with Gasteiger partial charge in [0.15, 0.2) is 12.6 Å². The van der Waals surface area contributed by atoms with Gasteiger partial charge < -0.3 is 65.1 Å². The minimum atomic E-state index is -1.80. The third-order valence-electron chi connectivity index (χ3n) is 17.7. The maximum atomic E-state index is 13.4. The zero-order valence-corrected chi connectivity index (χ0v) is 61.0. The van der Waals surface area contributed by atoms with Crippen LogP contribution in [0.25, 0.3) is 0 Å². The number of rotatable bonds is 62. The molecule has 558 valence electrons. The summed E-state index contributed by atoms with van der Waals surface area (Å²) in [5.41, 5.74) is 0. The molecule has 1 amide bonds. The molecule has 0 aromatic heterocycles. The zero-order chi connectivity index (χ0) is 70.8. The molecule has 9 N–H and O–H groups in total. The molecule has 14 heteroatoms. The number of aliphatic hydroxyl groups excluding tert-OH is 8. The second kappa shape index (κ2) is 65.9. The van der Waals surface area contributed by atoms with E-state index in [0.29, 0.717) is 12.8 Å². The molecule has 12 unspecified atom stereocenters. The zero-order valence-electron chi connectivity index (χ0n) is 61.0. The summed E-state index contributed by atoms with van der Waals surface area (Å²) in [6, 6.07) is -0.951. The van der Waals surface area contributed by atoms with Crippen molar-refractivity contribution in [1.82, 2.24) is 5.32 Å². The van der Waals surface area contributed by atoms with Crippen molar-refractivity contribution < 1.29 is 64.6 Å². The van der Waals surface area contributed by atoms with Crippen molar-refractivity contribution in [1.29, 1.82) is 0 Å². The van der Waals surface area contributed by atoms with E-state index in [1.54, 1.807) is 6.08 Å². The highest BCUT2D eigenvalue weighted by molar-refractivity contribution is 5.76. The van der Waals surface area contributed by atoms with Crippen LogP contribution < -0.4 is 5.32 Å². The number of carbonyl (C=O) groups excluding carboxylic acids is 1. The van der Waals surface area contributed by atoms with Crippen molar-refractivity contribution >= 4 is 5.91 Å². The Morgan fingerprint density at radius 1 is 0.378 bits per heavy atom. The van der Waals surface area contributed by atoms with Gasteiger partial charge in [0.05, 0.1) is 32.0 Å². The number of carbonyl (C=O) groups is 1. The van der Waals surface area contributed by atoms with Crippen molar-refractivity contribution in [2.75, 3.05) is 19.8 Å². The van der Waals surface area contributed by atoms with E-state index in [0.717, 1.165) is 128 Å². The molecule has 12 atom stereocenters. The molecule has 0 spiro atoms. The Kier molecular flexibility index (Phi) is 60.3. The van der Waals surface area contributed by atoms with E-state index in [1.165, 1.54) is 109 Å². The first-order valence-electron chi connectivity index (χ1n) is 38.7. The number of unbranched alkanes of at least 4 members (excludes halogenated alkanes) is 25. The Hall–Kier alpha value is -4.39. The SMILES string of the molecule is CC/C=C\C/C=C\C/C=C\C/C=C\C/C=C\C/C=C\C/C=C\C/C=C\C/C=C\C/C=C\C/C=C\CCCCCCCCCC(=O)NC(COC1OC(CO)C(OC2OC(CO)C(O)C(O)C2O)C(O)C1O)C(O)/C=C/CC/C=C/CCCCCCCCCCCCCCCCCCC. The number of ether oxygens (including phenoxy) is 4. The summed E-state index contributed by atoms with van der Waals surface area (Å²) in [5, 5.41) is 87.5. The van der Waals surface area contributed by atoms with Crippen molar-refractivity contribution in [3.8, 4) is 0 Å². The molecule has 2 aliphatic rings. The van der Waals surface area contributed by atoms with Gasteiger partial charge in [-0.15, -0.1) is 0 Å². The first-order valence-corrected chi connectivity index (χ1v) is 38.7. The number of nitrogens with one attached hydrogen (secondary N) is 1. The highest BCUT2D eigenvalue weighted by Gasteiger charge is 2.51. The van der Waals surface area contributed by atoms with Gasteiger partial charge in [-0.3, -0.25) is 4.79 Å². The smallest absolute Gasteiger partial charge is 0.220 e. The average molecular weight is 1370 g/mol. The van der Waals surface area contributed by atoms with E-state index in [4.69, 9.17) is 18.9 Å². The topological polar surface area (TPSA) is 228 Å². The molecule has 98 heavy (non-hydrogen) atoms. The molecular formula is C84H139NO13. The molecule has 0 bridgehead atoms. The van der Waals surface area contributed by atoms with E-state index in [9.17, 15) is 45.6 Å². The molecule has 0 saturated carbocycles. The fraction of sp³-hybridized carbons (Fsp3) is 0.679. The number of amides is 1. The van der Waals surface area contributed by atoms with Crippen LogP contribution in [-0.2, 0) is 23.7 Å². The summed E-state index contributed by atoms with van der Waals surface area (Å²) in [5.74, 6) is -0.265. The largest absolute Gasteiger partial charge is 0.394 e. The van der Waals surface area contributed by atoms with Crippen LogP contribution in [0, 0.1) is 0 Å². The first kappa shape index (κ1) is 89.7. The standard InChI is InChI=1S/C84H139NO13/c1-3-5-7-9-11-13-15-17-19-21-23-25-27-28-29-30-31-32-33-34-35-36-37-38-39-40-41-42-43-44-46-48-50-52-54-56-58-60-62-64-66-68-76(89)85-72(71-95-83-81(94)79(92)82(75(70-87)97-83)98-84-80(93)78(91)77(90)74(69-86)96-84)73(88)67-65-63-61-59-57-55-53-51-49-47-45-26-24-22-20-18-16-14-12-10-8-6-4-2/h5,7,11,13,17,19,23,25,28-29,31-32,34-35,37-38,40-41,43-44,48,50,57,59,65,67,72-75,77-84,86-88,90-94H,3-4,6,8-10,12,14-16,18,20-22,24,26-27,30,33,36,39,42,45-47,49,51-56,58,60-64,66,68-71H2,1-2H3,(H,85,89)/b7-5-,13-11-,19-17-,25-23-,29-28-,32-31-,35-34-,38-37-,41-40-,44-43-,50-48-,59-57+,67-65+. The lowest BCUT2D eigenvalue weighted by atomic mass is 9.97. The first-order chi connectivity index (χ1) is 48.1. The van der Waals surface area contributed by atoms with Gasteiger partial charge in [-0.2, -0.15) is 0 Å². The minimum absolute atomic E-state index is 0.251. The summed E-state index contributed by atoms with van der Waals surface area (Å²) in [6.07, 6.45) is 84.5. The predicted octanol–water partition coefficient (Wildman–Crippen LogP) is 17.3. The molecular weight excluding hydrogens is 1230 g/mol. The number of aliphatic hydroxyl groups is 8. The fourth-order valence-corrected chi connectivity index (χ4v) is 11.6. The normalized spacial score (nSPS) is 23.0. The third-order valence-corrected chi connectivity index (χ3v) is 17.7. The second-order valence-electron chi connectivity index (χ2n) is 26.4. The van der Waals surface area contributed by atoms with Gasteiger partial charge in [0.1, 0.15) is 48.8 Å². The number of hydrogen-bond acceptors (Lipinski definition) is 13. The fourth-order valence-electron chi connectivity index (χ4n) is 11.6. The van der Waals surface area contributed by atoms with E-state index in [1.807, 2.05) is 6.08 Å². The Labute approximate surface area is 595 Å². The van der Waals surface area contributed by atoms with Crippen LogP contribution >= 0.6 is 0 Å². The van der Waals surface area contributed by atoms with Crippen LogP contribution in [0.4, 0.5) is 0 Å². The van der Waals surface area contributed by atoms with Crippen LogP contribution in [0.5, 0.6) is 0 Å². The van der Waals surface area contributed by atoms with Crippen molar-refractivity contribution in [2.45, 2.75) is 344 Å². The Morgan fingerprint density at radius 2 is 0.714 bits per heavy atom. The summed E-state index contributed by atoms with van der Waals surface area (Å²) in [6.45, 7) is 2.67. The van der Waals surface area contributed by atoms with Gasteiger partial charge in [0, 0.05) is 6.42 Å². The number of hydrogen-bond donors (Lipinski definition) is 9. The molecule has 2 rings (SSSR count). The predicted molar refractivity (Wildman–Crippen MR) is 405 cm³/mol. The summed E-state index contributed by atoms with van der Waals surface area (Å²) < 4.78 is 22.9. The highest BCUT2D eigenvalue weighted by Crippen LogP contribution is 2.30. The van der Waals surface area contributed by atoms with Crippen LogP contribution in [0.3, 0.4) is 0 Å². The lowest BCUT2D eigenvalue weighted by molar-refractivity contribution is -0.359. The van der Waals surface area contributed by atoms with Crippen molar-refractivity contribution in [2.24, 2.45) is 0 Å². The van der Waals surface area contributed by atoms with E-state index in [-0.39, 0.29) is 18.9 Å². The molecule has 0 aromatic rings. The molecule has 0 aliphatic carbocycles. The lowest BCUT2D eigenvalue weighted by Crippen LogP contribution is -2.65. The maximum absolute atomic E-state index is 13.4. The van der Waals surface area contributed by atoms with Gasteiger partial charge in [-0.1, -0.05) is 307 Å². The van der Waals surface area contributed by atoms with Crippen LogP contribution in [0.15, 0.2) is 158 Å². The van der Waals surface area contributed by atoms with Crippen LogP contribution in [-0.4, -0.2) is 140 Å². The monoisotopic (exact) mass is 1370 g/mol. The Morgan fingerprint density at radius 3 is 1.12 bits per heavy atom. The summed E-state index contributed by atoms with van der Waals surface area (Å²) in [4.78, 5) is 13.4. The number of allylic oxidation sites excluding steroid dienone is 25. The van der Waals surface area contributed by atoms with Gasteiger partial charge in [-0.05, 0) is 116 Å². The van der Waals surface area contributed by atoms with Gasteiger partial charge >= 0.3 is 0 Å². The maximum Gasteiger partial charge on any atom is 0.220 e. The molecule has 2 heterocycles.